The quantitative estimate of drug-likeness (QED) is 0.464. The number of benzene rings is 1. The number of esters is 1. The Labute approximate surface area is 116 Å². The average molecular weight is 273 g/mol. The highest BCUT2D eigenvalue weighted by Gasteiger charge is 2.59. The Morgan fingerprint density at radius 2 is 2.15 bits per heavy atom. The molecule has 1 saturated heterocycles. The summed E-state index contributed by atoms with van der Waals surface area (Å²) < 4.78 is 10.1. The fraction of sp³-hybridized carbons (Fsp3) is 0.333. The van der Waals surface area contributed by atoms with Crippen molar-refractivity contribution < 1.29 is 19.1 Å². The lowest BCUT2D eigenvalue weighted by atomic mass is 9.77. The van der Waals surface area contributed by atoms with Gasteiger partial charge >= 0.3 is 5.97 Å². The normalized spacial score (nSPS) is 26.3. The minimum atomic E-state index is -1.06. The Morgan fingerprint density at radius 1 is 1.40 bits per heavy atom. The second-order valence-electron chi connectivity index (χ2n) is 4.82. The third-order valence-electron chi connectivity index (χ3n) is 3.92. The molecule has 2 aliphatic heterocycles. The molecule has 2 heterocycles. The highest BCUT2D eigenvalue weighted by atomic mass is 16.5. The maximum Gasteiger partial charge on any atom is 0.338 e. The topological polar surface area (TPSA) is 55.8 Å². The second kappa shape index (κ2) is 4.37. The van der Waals surface area contributed by atoms with Gasteiger partial charge in [0, 0.05) is 12.2 Å². The number of rotatable bonds is 2. The lowest BCUT2D eigenvalue weighted by molar-refractivity contribution is -0.135. The summed E-state index contributed by atoms with van der Waals surface area (Å²) in [5, 5.41) is 0. The summed E-state index contributed by atoms with van der Waals surface area (Å²) in [5.74, 6) is -0.622. The van der Waals surface area contributed by atoms with Crippen molar-refractivity contribution in [2.75, 3.05) is 25.2 Å². The van der Waals surface area contributed by atoms with E-state index in [1.54, 1.807) is 4.90 Å². The summed E-state index contributed by atoms with van der Waals surface area (Å²) in [5.41, 5.74) is 0.856. The molecule has 1 aromatic rings. The van der Waals surface area contributed by atoms with Gasteiger partial charge in [0.15, 0.2) is 0 Å². The number of hydrogen-bond acceptors (Lipinski definition) is 4. The van der Waals surface area contributed by atoms with Gasteiger partial charge in [-0.15, -0.1) is 0 Å². The molecular formula is C15H15NO4. The highest BCUT2D eigenvalue weighted by molar-refractivity contribution is 6.16. The number of cyclic esters (lactones) is 1. The van der Waals surface area contributed by atoms with Gasteiger partial charge in [0.25, 0.3) is 0 Å². The first kappa shape index (κ1) is 12.7. The van der Waals surface area contributed by atoms with Crippen molar-refractivity contribution >= 4 is 17.6 Å². The van der Waals surface area contributed by atoms with E-state index in [4.69, 9.17) is 9.47 Å². The number of amides is 1. The van der Waals surface area contributed by atoms with Crippen LogP contribution in [0, 0.1) is 0 Å². The molecule has 0 N–H and O–H groups in total. The molecule has 1 spiro atoms. The molecule has 0 saturated carbocycles. The van der Waals surface area contributed by atoms with Crippen LogP contribution in [0.15, 0.2) is 36.1 Å². The van der Waals surface area contributed by atoms with Crippen LogP contribution in [-0.2, 0) is 24.5 Å². The number of carbonyl (C=O) groups excluding carboxylic acids is 2. The van der Waals surface area contributed by atoms with E-state index in [1.807, 2.05) is 31.2 Å². The zero-order chi connectivity index (χ0) is 14.3. The summed E-state index contributed by atoms with van der Waals surface area (Å²) in [6.45, 7) is 2.49. The molecule has 1 fully saturated rings. The molecule has 5 heteroatoms. The SMILES string of the molecule is CCN1C(=O)C2(COC(=O)/C2=C\OC)c2ccccc21. The van der Waals surface area contributed by atoms with Crippen molar-refractivity contribution in [3.63, 3.8) is 0 Å². The smallest absolute Gasteiger partial charge is 0.338 e. The van der Waals surface area contributed by atoms with E-state index in [2.05, 4.69) is 0 Å². The van der Waals surface area contributed by atoms with Crippen LogP contribution in [0.2, 0.25) is 0 Å². The molecule has 0 radical (unpaired) electrons. The minimum Gasteiger partial charge on any atom is -0.504 e. The molecule has 1 aromatic carbocycles. The number of hydrogen-bond donors (Lipinski definition) is 0. The fourth-order valence-electron chi connectivity index (χ4n) is 3.01. The van der Waals surface area contributed by atoms with Crippen LogP contribution in [-0.4, -0.2) is 32.1 Å². The van der Waals surface area contributed by atoms with Crippen molar-refractivity contribution in [1.29, 1.82) is 0 Å². The zero-order valence-corrected chi connectivity index (χ0v) is 11.4. The van der Waals surface area contributed by atoms with Gasteiger partial charge in [-0.3, -0.25) is 4.79 Å². The molecule has 1 unspecified atom stereocenters. The predicted octanol–water partition coefficient (Wildman–Crippen LogP) is 1.38. The molecule has 3 rings (SSSR count). The molecule has 0 aromatic heterocycles. The lowest BCUT2D eigenvalue weighted by Crippen LogP contribution is -2.42. The van der Waals surface area contributed by atoms with Gasteiger partial charge < -0.3 is 14.4 Å². The molecule has 5 nitrogen and oxygen atoms in total. The molecule has 0 aliphatic carbocycles. The average Bonchev–Trinajstić information content (AvgIpc) is 2.91. The van der Waals surface area contributed by atoms with Gasteiger partial charge in [-0.25, -0.2) is 4.79 Å². The van der Waals surface area contributed by atoms with Crippen molar-refractivity contribution in [3.8, 4) is 0 Å². The molecule has 2 aliphatic rings. The Morgan fingerprint density at radius 3 is 2.85 bits per heavy atom. The lowest BCUT2D eigenvalue weighted by Gasteiger charge is -2.21. The Hall–Kier alpha value is -2.30. The van der Waals surface area contributed by atoms with Crippen LogP contribution in [0.5, 0.6) is 0 Å². The van der Waals surface area contributed by atoms with Crippen LogP contribution < -0.4 is 4.90 Å². The summed E-state index contributed by atoms with van der Waals surface area (Å²) in [7, 11) is 1.45. The first-order valence-corrected chi connectivity index (χ1v) is 6.49. The van der Waals surface area contributed by atoms with E-state index >= 15 is 0 Å². The van der Waals surface area contributed by atoms with Crippen molar-refractivity contribution in [1.82, 2.24) is 0 Å². The molecule has 1 atom stereocenters. The molecule has 1 amide bonds. The van der Waals surface area contributed by atoms with E-state index in [9.17, 15) is 9.59 Å². The van der Waals surface area contributed by atoms with Gasteiger partial charge in [-0.1, -0.05) is 18.2 Å². The third kappa shape index (κ3) is 1.37. The number of likely N-dealkylation sites (N-methyl/N-ethyl adjacent to an activating group) is 1. The highest BCUT2D eigenvalue weighted by Crippen LogP contribution is 2.49. The summed E-state index contributed by atoms with van der Waals surface area (Å²) in [4.78, 5) is 26.5. The first-order chi connectivity index (χ1) is 9.66. The van der Waals surface area contributed by atoms with E-state index in [0.29, 0.717) is 6.54 Å². The van der Waals surface area contributed by atoms with Crippen LogP contribution in [0.25, 0.3) is 0 Å². The maximum atomic E-state index is 12.8. The van der Waals surface area contributed by atoms with Crippen molar-refractivity contribution in [3.05, 3.63) is 41.7 Å². The van der Waals surface area contributed by atoms with Crippen LogP contribution in [0.4, 0.5) is 5.69 Å². The van der Waals surface area contributed by atoms with Gasteiger partial charge in [-0.2, -0.15) is 0 Å². The molecular weight excluding hydrogens is 258 g/mol. The largest absolute Gasteiger partial charge is 0.504 e. The summed E-state index contributed by atoms with van der Waals surface area (Å²) >= 11 is 0. The maximum absolute atomic E-state index is 12.8. The monoisotopic (exact) mass is 273 g/mol. The zero-order valence-electron chi connectivity index (χ0n) is 11.4. The molecule has 20 heavy (non-hydrogen) atoms. The Balaban J connectivity index is 2.26. The number of para-hydroxylation sites is 1. The van der Waals surface area contributed by atoms with Crippen molar-refractivity contribution in [2.45, 2.75) is 12.3 Å². The molecule has 104 valence electrons. The summed E-state index contributed by atoms with van der Waals surface area (Å²) in [6, 6.07) is 7.50. The van der Waals surface area contributed by atoms with Crippen molar-refractivity contribution in [2.24, 2.45) is 0 Å². The van der Waals surface area contributed by atoms with Crippen LogP contribution in [0.3, 0.4) is 0 Å². The number of fused-ring (bicyclic) bond motifs is 2. The van der Waals surface area contributed by atoms with Gasteiger partial charge in [0.2, 0.25) is 5.91 Å². The molecule has 0 bridgehead atoms. The number of ether oxygens (including phenoxy) is 2. The van der Waals surface area contributed by atoms with E-state index < -0.39 is 11.4 Å². The van der Waals surface area contributed by atoms with Crippen LogP contribution in [0.1, 0.15) is 12.5 Å². The first-order valence-electron chi connectivity index (χ1n) is 6.49. The number of carbonyl (C=O) groups is 2. The number of nitrogens with zero attached hydrogens (tertiary/aromatic N) is 1. The second-order valence-corrected chi connectivity index (χ2v) is 4.82. The van der Waals surface area contributed by atoms with Crippen LogP contribution >= 0.6 is 0 Å². The van der Waals surface area contributed by atoms with E-state index in [1.165, 1.54) is 13.4 Å². The van der Waals surface area contributed by atoms with E-state index in [0.717, 1.165) is 11.3 Å². The van der Waals surface area contributed by atoms with E-state index in [-0.39, 0.29) is 18.1 Å². The van der Waals surface area contributed by atoms with Gasteiger partial charge in [-0.05, 0) is 18.6 Å². The summed E-state index contributed by atoms with van der Waals surface area (Å²) in [6.07, 6.45) is 1.32. The Kier molecular flexibility index (Phi) is 2.78. The fourth-order valence-corrected chi connectivity index (χ4v) is 3.01. The third-order valence-corrected chi connectivity index (χ3v) is 3.92. The number of methoxy groups -OCH3 is 1. The number of anilines is 1. The van der Waals surface area contributed by atoms with Gasteiger partial charge in [0.1, 0.15) is 12.0 Å². The van der Waals surface area contributed by atoms with Gasteiger partial charge in [0.05, 0.1) is 18.9 Å². The minimum absolute atomic E-state index is 0.0351. The Bertz CT molecular complexity index is 622. The standard InChI is InChI=1S/C15H15NO4/c1-3-16-12-7-5-4-6-10(12)15(14(16)18)9-20-13(17)11(15)8-19-2/h4-8H,3,9H2,1-2H3/b11-8+. The predicted molar refractivity (Wildman–Crippen MR) is 72.2 cm³/mol.